The first-order chi connectivity index (χ1) is 8.63. The van der Waals surface area contributed by atoms with Gasteiger partial charge in [-0.25, -0.2) is 0 Å². The lowest BCUT2D eigenvalue weighted by molar-refractivity contribution is 0.0937. The molecule has 1 aliphatic carbocycles. The number of hydrogen-bond donors (Lipinski definition) is 3. The predicted molar refractivity (Wildman–Crippen MR) is 71.3 cm³/mol. The number of amidine groups is 1. The van der Waals surface area contributed by atoms with Gasteiger partial charge in [0.1, 0.15) is 10.7 Å². The standard InChI is InChI=1S/C11H14ClN3O2S/c12-7-4-5-18-9(7)11(16)14-8-3-1-2-6(8)10(13)15-17/h4-6,8,17H,1-3H2,(H2,13,15)(H,14,16). The van der Waals surface area contributed by atoms with Gasteiger partial charge >= 0.3 is 0 Å². The van der Waals surface area contributed by atoms with Crippen LogP contribution in [0.25, 0.3) is 0 Å². The van der Waals surface area contributed by atoms with Gasteiger partial charge in [-0.1, -0.05) is 23.2 Å². The molecule has 1 saturated carbocycles. The number of thiophene rings is 1. The summed E-state index contributed by atoms with van der Waals surface area (Å²) in [5.41, 5.74) is 5.62. The van der Waals surface area contributed by atoms with Crippen molar-refractivity contribution in [1.82, 2.24) is 5.32 Å². The Labute approximate surface area is 114 Å². The van der Waals surface area contributed by atoms with Gasteiger partial charge in [-0.15, -0.1) is 11.3 Å². The summed E-state index contributed by atoms with van der Waals surface area (Å²) in [4.78, 5) is 12.5. The van der Waals surface area contributed by atoms with Crippen LogP contribution in [0.3, 0.4) is 0 Å². The number of rotatable bonds is 3. The van der Waals surface area contributed by atoms with Gasteiger partial charge in [-0.2, -0.15) is 0 Å². The molecule has 0 aliphatic heterocycles. The molecule has 1 amide bonds. The topological polar surface area (TPSA) is 87.7 Å². The summed E-state index contributed by atoms with van der Waals surface area (Å²) in [7, 11) is 0. The van der Waals surface area contributed by atoms with Crippen molar-refractivity contribution in [2.24, 2.45) is 16.8 Å². The quantitative estimate of drug-likeness (QED) is 0.344. The van der Waals surface area contributed by atoms with Crippen LogP contribution in [0.4, 0.5) is 0 Å². The SMILES string of the molecule is N/C(=N/O)C1CCCC1NC(=O)c1sccc1Cl. The average molecular weight is 288 g/mol. The monoisotopic (exact) mass is 287 g/mol. The molecule has 1 fully saturated rings. The molecule has 5 nitrogen and oxygen atoms in total. The highest BCUT2D eigenvalue weighted by molar-refractivity contribution is 7.12. The van der Waals surface area contributed by atoms with Crippen molar-refractivity contribution in [1.29, 1.82) is 0 Å². The molecule has 7 heteroatoms. The lowest BCUT2D eigenvalue weighted by Crippen LogP contribution is -2.42. The maximum absolute atomic E-state index is 12.0. The summed E-state index contributed by atoms with van der Waals surface area (Å²) < 4.78 is 0. The van der Waals surface area contributed by atoms with Gasteiger partial charge < -0.3 is 16.3 Å². The summed E-state index contributed by atoms with van der Waals surface area (Å²) in [5.74, 6) is -0.120. The van der Waals surface area contributed by atoms with Gasteiger partial charge in [0, 0.05) is 12.0 Å². The minimum atomic E-state index is -0.197. The minimum Gasteiger partial charge on any atom is -0.409 e. The first kappa shape index (κ1) is 13.2. The fourth-order valence-corrected chi connectivity index (χ4v) is 3.29. The zero-order valence-corrected chi connectivity index (χ0v) is 11.2. The first-order valence-corrected chi connectivity index (χ1v) is 6.90. The highest BCUT2D eigenvalue weighted by atomic mass is 35.5. The van der Waals surface area contributed by atoms with E-state index < -0.39 is 0 Å². The van der Waals surface area contributed by atoms with E-state index in [9.17, 15) is 4.79 Å². The lowest BCUT2D eigenvalue weighted by atomic mass is 10.0. The molecule has 0 bridgehead atoms. The second-order valence-corrected chi connectivity index (χ2v) is 5.56. The molecule has 1 aromatic heterocycles. The van der Waals surface area contributed by atoms with Crippen LogP contribution in [0.2, 0.25) is 5.02 Å². The van der Waals surface area contributed by atoms with Gasteiger partial charge in [-0.05, 0) is 24.3 Å². The Morgan fingerprint density at radius 1 is 1.61 bits per heavy atom. The van der Waals surface area contributed by atoms with Crippen LogP contribution < -0.4 is 11.1 Å². The number of nitrogens with one attached hydrogen (secondary N) is 1. The Morgan fingerprint density at radius 3 is 3.00 bits per heavy atom. The maximum atomic E-state index is 12.0. The summed E-state index contributed by atoms with van der Waals surface area (Å²) >= 11 is 7.21. The average Bonchev–Trinajstić information content (AvgIpc) is 2.97. The number of carbonyl (C=O) groups is 1. The molecule has 0 radical (unpaired) electrons. The number of oxime groups is 1. The number of nitrogens with two attached hydrogens (primary N) is 1. The first-order valence-electron chi connectivity index (χ1n) is 5.64. The molecule has 4 N–H and O–H groups in total. The van der Waals surface area contributed by atoms with Crippen molar-refractivity contribution in [2.75, 3.05) is 0 Å². The maximum Gasteiger partial charge on any atom is 0.263 e. The Kier molecular flexibility index (Phi) is 4.08. The van der Waals surface area contributed by atoms with E-state index in [1.807, 2.05) is 0 Å². The fourth-order valence-electron chi connectivity index (χ4n) is 2.25. The highest BCUT2D eigenvalue weighted by Gasteiger charge is 2.32. The molecular formula is C11H14ClN3O2S. The molecule has 98 valence electrons. The van der Waals surface area contributed by atoms with Crippen LogP contribution >= 0.6 is 22.9 Å². The molecule has 0 saturated heterocycles. The largest absolute Gasteiger partial charge is 0.409 e. The Balaban J connectivity index is 2.05. The lowest BCUT2D eigenvalue weighted by Gasteiger charge is -2.19. The third-order valence-electron chi connectivity index (χ3n) is 3.15. The predicted octanol–water partition coefficient (Wildman–Crippen LogP) is 2.05. The van der Waals surface area contributed by atoms with E-state index in [4.69, 9.17) is 22.5 Å². The van der Waals surface area contributed by atoms with Gasteiger partial charge in [0.15, 0.2) is 0 Å². The minimum absolute atomic E-state index is 0.0911. The van der Waals surface area contributed by atoms with E-state index in [2.05, 4.69) is 10.5 Å². The number of nitrogens with zero attached hydrogens (tertiary/aromatic N) is 1. The van der Waals surface area contributed by atoms with Crippen molar-refractivity contribution in [3.63, 3.8) is 0 Å². The van der Waals surface area contributed by atoms with Crippen LogP contribution in [0.1, 0.15) is 28.9 Å². The summed E-state index contributed by atoms with van der Waals surface area (Å²) in [6.07, 6.45) is 2.60. The molecule has 2 unspecified atom stereocenters. The van der Waals surface area contributed by atoms with Crippen molar-refractivity contribution >= 4 is 34.7 Å². The van der Waals surface area contributed by atoms with Crippen molar-refractivity contribution in [2.45, 2.75) is 25.3 Å². The van der Waals surface area contributed by atoms with Gasteiger partial charge in [0.2, 0.25) is 0 Å². The second kappa shape index (κ2) is 5.58. The normalized spacial score (nSPS) is 24.2. The number of hydrogen-bond acceptors (Lipinski definition) is 4. The fraction of sp³-hybridized carbons (Fsp3) is 0.455. The van der Waals surface area contributed by atoms with E-state index in [-0.39, 0.29) is 23.7 Å². The second-order valence-electron chi connectivity index (χ2n) is 4.24. The van der Waals surface area contributed by atoms with Crippen LogP contribution in [-0.4, -0.2) is 23.0 Å². The third kappa shape index (κ3) is 2.59. The van der Waals surface area contributed by atoms with Crippen LogP contribution in [0, 0.1) is 5.92 Å². The molecule has 0 spiro atoms. The molecule has 1 heterocycles. The van der Waals surface area contributed by atoms with Crippen LogP contribution in [-0.2, 0) is 0 Å². The molecule has 2 rings (SSSR count). The molecule has 1 aromatic rings. The summed E-state index contributed by atoms with van der Waals surface area (Å²) in [6.45, 7) is 0. The van der Waals surface area contributed by atoms with Crippen LogP contribution in [0.15, 0.2) is 16.6 Å². The Hall–Kier alpha value is -1.27. The molecule has 2 atom stereocenters. The Morgan fingerprint density at radius 2 is 2.39 bits per heavy atom. The summed E-state index contributed by atoms with van der Waals surface area (Å²) in [6, 6.07) is 1.60. The molecule has 18 heavy (non-hydrogen) atoms. The van der Waals surface area contributed by atoms with Gasteiger partial charge in [0.25, 0.3) is 5.91 Å². The number of carbonyl (C=O) groups excluding carboxylic acids is 1. The molecule has 1 aliphatic rings. The van der Waals surface area contributed by atoms with E-state index >= 15 is 0 Å². The van der Waals surface area contributed by atoms with E-state index in [0.717, 1.165) is 19.3 Å². The highest BCUT2D eigenvalue weighted by Crippen LogP contribution is 2.27. The van der Waals surface area contributed by atoms with Crippen LogP contribution in [0.5, 0.6) is 0 Å². The van der Waals surface area contributed by atoms with Crippen molar-refractivity contribution < 1.29 is 10.0 Å². The van der Waals surface area contributed by atoms with E-state index in [0.29, 0.717) is 9.90 Å². The van der Waals surface area contributed by atoms with Crippen molar-refractivity contribution in [3.05, 3.63) is 21.3 Å². The number of halogens is 1. The van der Waals surface area contributed by atoms with E-state index in [1.165, 1.54) is 11.3 Å². The molecular weight excluding hydrogens is 274 g/mol. The summed E-state index contributed by atoms with van der Waals surface area (Å²) in [5, 5.41) is 16.9. The molecule has 0 aromatic carbocycles. The smallest absolute Gasteiger partial charge is 0.263 e. The van der Waals surface area contributed by atoms with E-state index in [1.54, 1.807) is 11.4 Å². The Bertz CT molecular complexity index is 475. The zero-order valence-electron chi connectivity index (χ0n) is 9.60. The zero-order chi connectivity index (χ0) is 13.1. The van der Waals surface area contributed by atoms with Gasteiger partial charge in [0.05, 0.1) is 5.02 Å². The third-order valence-corrected chi connectivity index (χ3v) is 4.49. The number of amides is 1. The van der Waals surface area contributed by atoms with Crippen molar-refractivity contribution in [3.8, 4) is 0 Å². The van der Waals surface area contributed by atoms with Gasteiger partial charge in [-0.3, -0.25) is 4.79 Å².